The van der Waals surface area contributed by atoms with E-state index in [-0.39, 0.29) is 5.91 Å². The van der Waals surface area contributed by atoms with Gasteiger partial charge in [-0.2, -0.15) is 0 Å². The molecule has 0 saturated carbocycles. The van der Waals surface area contributed by atoms with E-state index >= 15 is 0 Å². The third-order valence-corrected chi connectivity index (χ3v) is 4.88. The summed E-state index contributed by atoms with van der Waals surface area (Å²) in [5.41, 5.74) is 3.50. The van der Waals surface area contributed by atoms with E-state index < -0.39 is 0 Å². The third-order valence-electron chi connectivity index (χ3n) is 4.88. The van der Waals surface area contributed by atoms with Gasteiger partial charge in [-0.05, 0) is 29.7 Å². The van der Waals surface area contributed by atoms with Crippen LogP contribution >= 0.6 is 0 Å². The molecule has 1 amide bonds. The molecule has 4 nitrogen and oxygen atoms in total. The van der Waals surface area contributed by atoms with Gasteiger partial charge in [-0.1, -0.05) is 54.6 Å². The van der Waals surface area contributed by atoms with Gasteiger partial charge in [0.15, 0.2) is 0 Å². The van der Waals surface area contributed by atoms with Crippen molar-refractivity contribution in [1.29, 1.82) is 0 Å². The summed E-state index contributed by atoms with van der Waals surface area (Å²) in [6, 6.07) is 22.6. The molecule has 0 unspecified atom stereocenters. The summed E-state index contributed by atoms with van der Waals surface area (Å²) >= 11 is 0. The lowest BCUT2D eigenvalue weighted by Gasteiger charge is -2.16. The Morgan fingerprint density at radius 2 is 1.78 bits per heavy atom. The molecule has 1 saturated heterocycles. The summed E-state index contributed by atoms with van der Waals surface area (Å²) in [4.78, 5) is 13.7. The molecule has 1 N–H and O–H groups in total. The van der Waals surface area contributed by atoms with Crippen LogP contribution in [0.5, 0.6) is 0 Å². The van der Waals surface area contributed by atoms with E-state index in [0.717, 1.165) is 36.6 Å². The smallest absolute Gasteiger partial charge is 0.222 e. The highest BCUT2D eigenvalue weighted by molar-refractivity contribution is 5.78. The number of furan rings is 1. The van der Waals surface area contributed by atoms with Gasteiger partial charge in [0.2, 0.25) is 5.91 Å². The first kappa shape index (κ1) is 17.6. The number of amides is 1. The summed E-state index contributed by atoms with van der Waals surface area (Å²) in [6.07, 6.45) is 1.67. The SMILES string of the molecule is O=C1CCCN1Cc1cccc(CNCc2ccc(-c3ccccc3)o2)c1. The number of benzene rings is 2. The molecule has 2 heterocycles. The van der Waals surface area contributed by atoms with Crippen molar-refractivity contribution in [3.63, 3.8) is 0 Å². The normalized spacial score (nSPS) is 14.1. The van der Waals surface area contributed by atoms with Crippen molar-refractivity contribution in [1.82, 2.24) is 10.2 Å². The van der Waals surface area contributed by atoms with E-state index in [1.165, 1.54) is 11.1 Å². The zero-order valence-electron chi connectivity index (χ0n) is 15.4. The van der Waals surface area contributed by atoms with Gasteiger partial charge in [0.25, 0.3) is 0 Å². The van der Waals surface area contributed by atoms with E-state index in [4.69, 9.17) is 4.42 Å². The molecule has 1 aliphatic rings. The number of nitrogens with zero attached hydrogens (tertiary/aromatic N) is 1. The molecule has 0 radical (unpaired) electrons. The molecule has 0 bridgehead atoms. The Hall–Kier alpha value is -2.85. The van der Waals surface area contributed by atoms with Gasteiger partial charge < -0.3 is 14.6 Å². The minimum atomic E-state index is 0.269. The number of likely N-dealkylation sites (tertiary alicyclic amines) is 1. The quantitative estimate of drug-likeness (QED) is 0.681. The van der Waals surface area contributed by atoms with Crippen LogP contribution in [-0.4, -0.2) is 17.4 Å². The van der Waals surface area contributed by atoms with Gasteiger partial charge >= 0.3 is 0 Å². The molecule has 1 aliphatic heterocycles. The highest BCUT2D eigenvalue weighted by Gasteiger charge is 2.19. The molecule has 0 aliphatic carbocycles. The number of nitrogens with one attached hydrogen (secondary N) is 1. The lowest BCUT2D eigenvalue weighted by molar-refractivity contribution is -0.128. The van der Waals surface area contributed by atoms with Gasteiger partial charge in [0.05, 0.1) is 6.54 Å². The van der Waals surface area contributed by atoms with Crippen molar-refractivity contribution in [2.75, 3.05) is 6.54 Å². The molecule has 4 heteroatoms. The Bertz CT molecular complexity index is 902. The number of hydrogen-bond acceptors (Lipinski definition) is 3. The van der Waals surface area contributed by atoms with Crippen LogP contribution in [0.2, 0.25) is 0 Å². The maximum absolute atomic E-state index is 11.8. The first-order chi connectivity index (χ1) is 13.3. The van der Waals surface area contributed by atoms with Crippen LogP contribution in [0.4, 0.5) is 0 Å². The molecule has 4 rings (SSSR count). The molecular weight excluding hydrogens is 336 g/mol. The van der Waals surface area contributed by atoms with Crippen LogP contribution < -0.4 is 5.32 Å². The molecule has 2 aromatic carbocycles. The number of carbonyl (C=O) groups excluding carboxylic acids is 1. The highest BCUT2D eigenvalue weighted by atomic mass is 16.3. The van der Waals surface area contributed by atoms with Crippen LogP contribution in [0.3, 0.4) is 0 Å². The highest BCUT2D eigenvalue weighted by Crippen LogP contribution is 2.21. The predicted molar refractivity (Wildman–Crippen MR) is 106 cm³/mol. The summed E-state index contributed by atoms with van der Waals surface area (Å²) in [5.74, 6) is 2.09. The van der Waals surface area contributed by atoms with Crippen molar-refractivity contribution in [2.45, 2.75) is 32.5 Å². The zero-order chi connectivity index (χ0) is 18.5. The Balaban J connectivity index is 1.31. The maximum Gasteiger partial charge on any atom is 0.222 e. The molecular formula is C23H24N2O2. The number of carbonyl (C=O) groups is 1. The second-order valence-electron chi connectivity index (χ2n) is 6.97. The van der Waals surface area contributed by atoms with Crippen molar-refractivity contribution >= 4 is 5.91 Å². The van der Waals surface area contributed by atoms with Gasteiger partial charge in [0.1, 0.15) is 11.5 Å². The van der Waals surface area contributed by atoms with E-state index in [1.54, 1.807) is 0 Å². The average molecular weight is 360 g/mol. The third kappa shape index (κ3) is 4.47. The van der Waals surface area contributed by atoms with E-state index in [9.17, 15) is 4.79 Å². The van der Waals surface area contributed by atoms with Gasteiger partial charge in [-0.25, -0.2) is 0 Å². The molecule has 27 heavy (non-hydrogen) atoms. The minimum Gasteiger partial charge on any atom is -0.460 e. The van der Waals surface area contributed by atoms with Crippen molar-refractivity contribution in [3.05, 3.63) is 83.6 Å². The van der Waals surface area contributed by atoms with Crippen LogP contribution in [0.25, 0.3) is 11.3 Å². The Morgan fingerprint density at radius 3 is 2.59 bits per heavy atom. The topological polar surface area (TPSA) is 45.5 Å². The average Bonchev–Trinajstić information content (AvgIpc) is 3.33. The van der Waals surface area contributed by atoms with E-state index in [2.05, 4.69) is 29.6 Å². The van der Waals surface area contributed by atoms with Gasteiger partial charge in [0, 0.05) is 31.6 Å². The fourth-order valence-corrected chi connectivity index (χ4v) is 3.49. The largest absolute Gasteiger partial charge is 0.460 e. The van der Waals surface area contributed by atoms with Crippen LogP contribution in [0, 0.1) is 0 Å². The predicted octanol–water partition coefficient (Wildman–Crippen LogP) is 4.36. The molecule has 138 valence electrons. The van der Waals surface area contributed by atoms with Crippen LogP contribution in [0.15, 0.2) is 71.1 Å². The summed E-state index contributed by atoms with van der Waals surface area (Å²) in [5, 5.41) is 3.44. The van der Waals surface area contributed by atoms with Gasteiger partial charge in [-0.3, -0.25) is 4.79 Å². The second-order valence-corrected chi connectivity index (χ2v) is 6.97. The Labute approximate surface area is 159 Å². The summed E-state index contributed by atoms with van der Waals surface area (Å²) < 4.78 is 5.93. The Kier molecular flexibility index (Phi) is 5.35. The van der Waals surface area contributed by atoms with E-state index in [1.807, 2.05) is 47.4 Å². The van der Waals surface area contributed by atoms with E-state index in [0.29, 0.717) is 19.5 Å². The summed E-state index contributed by atoms with van der Waals surface area (Å²) in [6.45, 7) is 3.04. The van der Waals surface area contributed by atoms with Crippen molar-refractivity contribution in [2.24, 2.45) is 0 Å². The van der Waals surface area contributed by atoms with Crippen molar-refractivity contribution < 1.29 is 9.21 Å². The lowest BCUT2D eigenvalue weighted by atomic mass is 10.1. The number of rotatable bonds is 7. The standard InChI is InChI=1S/C23H24N2O2/c26-23-10-5-13-25(23)17-19-7-4-6-18(14-19)15-24-16-21-11-12-22(27-21)20-8-2-1-3-9-20/h1-4,6-9,11-12,14,24H,5,10,13,15-17H2. The lowest BCUT2D eigenvalue weighted by Crippen LogP contribution is -2.23. The van der Waals surface area contributed by atoms with Crippen molar-refractivity contribution in [3.8, 4) is 11.3 Å². The monoisotopic (exact) mass is 360 g/mol. The molecule has 1 aromatic heterocycles. The fourth-order valence-electron chi connectivity index (χ4n) is 3.49. The minimum absolute atomic E-state index is 0.269. The van der Waals surface area contributed by atoms with Crippen LogP contribution in [-0.2, 0) is 24.4 Å². The molecule has 0 spiro atoms. The summed E-state index contributed by atoms with van der Waals surface area (Å²) in [7, 11) is 0. The second kappa shape index (κ2) is 8.23. The first-order valence-corrected chi connectivity index (χ1v) is 9.48. The number of hydrogen-bond donors (Lipinski definition) is 1. The Morgan fingerprint density at radius 1 is 0.926 bits per heavy atom. The van der Waals surface area contributed by atoms with Gasteiger partial charge in [-0.15, -0.1) is 0 Å². The molecule has 3 aromatic rings. The van der Waals surface area contributed by atoms with Crippen LogP contribution in [0.1, 0.15) is 29.7 Å². The molecule has 0 atom stereocenters. The zero-order valence-corrected chi connectivity index (χ0v) is 15.4. The fraction of sp³-hybridized carbons (Fsp3) is 0.261. The molecule has 1 fully saturated rings. The maximum atomic E-state index is 11.8. The first-order valence-electron chi connectivity index (χ1n) is 9.48.